The number of rotatable bonds is 4. The molecule has 1 saturated carbocycles. The van der Waals surface area contributed by atoms with Crippen molar-refractivity contribution in [2.45, 2.75) is 37.9 Å². The van der Waals surface area contributed by atoms with Crippen LogP contribution in [0, 0.1) is 5.92 Å². The minimum absolute atomic E-state index is 0.618. The lowest BCUT2D eigenvalue weighted by Crippen LogP contribution is -2.48. The third-order valence-electron chi connectivity index (χ3n) is 5.21. The molecule has 6 nitrogen and oxygen atoms in total. The fourth-order valence-electron chi connectivity index (χ4n) is 3.70. The molecule has 1 atom stereocenters. The fourth-order valence-corrected chi connectivity index (χ4v) is 4.69. The zero-order valence-corrected chi connectivity index (χ0v) is 15.7. The van der Waals surface area contributed by atoms with E-state index >= 15 is 0 Å². The minimum atomic E-state index is 0.618. The van der Waals surface area contributed by atoms with E-state index in [1.165, 1.54) is 30.9 Å². The maximum absolute atomic E-state index is 5.90. The Labute approximate surface area is 154 Å². The molecule has 3 heterocycles. The molecule has 1 unspecified atom stereocenters. The zero-order valence-electron chi connectivity index (χ0n) is 14.9. The van der Waals surface area contributed by atoms with Crippen molar-refractivity contribution in [3.05, 3.63) is 12.4 Å². The lowest BCUT2D eigenvalue weighted by Gasteiger charge is -2.36. The second-order valence-corrected chi connectivity index (χ2v) is 8.61. The summed E-state index contributed by atoms with van der Waals surface area (Å²) in [6.45, 7) is 7.86. The van der Waals surface area contributed by atoms with Crippen LogP contribution in [0.3, 0.4) is 0 Å². The second kappa shape index (κ2) is 7.81. The highest BCUT2D eigenvalue weighted by Crippen LogP contribution is 2.26. The molecule has 0 N–H and O–H groups in total. The van der Waals surface area contributed by atoms with E-state index in [4.69, 9.17) is 4.74 Å². The van der Waals surface area contributed by atoms with E-state index in [0.29, 0.717) is 17.0 Å². The molecule has 7 heteroatoms. The van der Waals surface area contributed by atoms with Gasteiger partial charge in [-0.3, -0.25) is 9.98 Å². The van der Waals surface area contributed by atoms with E-state index in [1.807, 2.05) is 18.0 Å². The number of aromatic nitrogens is 2. The summed E-state index contributed by atoms with van der Waals surface area (Å²) in [5.74, 6) is 2.29. The molecular weight excluding hydrogens is 334 g/mol. The number of thioether (sulfide) groups is 1. The molecule has 1 aromatic rings. The number of anilines is 1. The van der Waals surface area contributed by atoms with Crippen molar-refractivity contribution in [1.29, 1.82) is 0 Å². The number of nitrogens with zero attached hydrogens (tertiary/aromatic N) is 5. The van der Waals surface area contributed by atoms with Gasteiger partial charge in [-0.05, 0) is 18.8 Å². The van der Waals surface area contributed by atoms with Crippen LogP contribution < -0.4 is 9.64 Å². The molecule has 3 aliphatic rings. The summed E-state index contributed by atoms with van der Waals surface area (Å²) in [5, 5.41) is 1.83. The molecule has 0 radical (unpaired) electrons. The number of hydrogen-bond donors (Lipinski definition) is 0. The average molecular weight is 362 g/mol. The summed E-state index contributed by atoms with van der Waals surface area (Å²) in [4.78, 5) is 18.4. The fraction of sp³-hybridized carbons (Fsp3) is 0.722. The predicted octanol–water partition coefficient (Wildman–Crippen LogP) is 2.66. The van der Waals surface area contributed by atoms with Crippen LogP contribution in [0.2, 0.25) is 0 Å². The van der Waals surface area contributed by atoms with Crippen LogP contribution in [-0.2, 0) is 0 Å². The van der Waals surface area contributed by atoms with E-state index in [1.54, 1.807) is 6.20 Å². The third kappa shape index (κ3) is 4.19. The van der Waals surface area contributed by atoms with E-state index in [-0.39, 0.29) is 0 Å². The van der Waals surface area contributed by atoms with Gasteiger partial charge in [0.25, 0.3) is 0 Å². The average Bonchev–Trinajstić information content (AvgIpc) is 3.32. The van der Waals surface area contributed by atoms with E-state index < -0.39 is 0 Å². The first kappa shape index (κ1) is 16.9. The molecule has 0 bridgehead atoms. The molecule has 2 aliphatic heterocycles. The molecule has 25 heavy (non-hydrogen) atoms. The van der Waals surface area contributed by atoms with Crippen molar-refractivity contribution in [3.63, 3.8) is 0 Å². The van der Waals surface area contributed by atoms with Crippen LogP contribution in [0.25, 0.3) is 0 Å². The molecule has 136 valence electrons. The maximum atomic E-state index is 5.90. The van der Waals surface area contributed by atoms with E-state index in [0.717, 1.165) is 45.1 Å². The normalized spacial score (nSPS) is 24.7. The molecule has 0 spiro atoms. The zero-order chi connectivity index (χ0) is 17.1. The Morgan fingerprint density at radius 3 is 2.60 bits per heavy atom. The minimum Gasteiger partial charge on any atom is -0.476 e. The Morgan fingerprint density at radius 2 is 1.88 bits per heavy atom. The molecule has 1 aromatic heterocycles. The third-order valence-corrected chi connectivity index (χ3v) is 6.36. The highest BCUT2D eigenvalue weighted by Gasteiger charge is 2.25. The van der Waals surface area contributed by atoms with Crippen LogP contribution in [0.1, 0.15) is 32.6 Å². The highest BCUT2D eigenvalue weighted by molar-refractivity contribution is 8.14. The van der Waals surface area contributed by atoms with Crippen molar-refractivity contribution in [1.82, 2.24) is 14.9 Å². The van der Waals surface area contributed by atoms with Crippen molar-refractivity contribution < 1.29 is 4.74 Å². The Balaban J connectivity index is 1.31. The van der Waals surface area contributed by atoms with Gasteiger partial charge in [0, 0.05) is 31.4 Å². The lowest BCUT2D eigenvalue weighted by molar-refractivity contribution is 0.242. The topological polar surface area (TPSA) is 53.9 Å². The van der Waals surface area contributed by atoms with Gasteiger partial charge in [-0.25, -0.2) is 0 Å². The largest absolute Gasteiger partial charge is 0.476 e. The molecular formula is C18H27N5OS. The van der Waals surface area contributed by atoms with Crippen molar-refractivity contribution >= 4 is 22.7 Å². The number of piperazine rings is 1. The smallest absolute Gasteiger partial charge is 0.234 e. The molecule has 0 aromatic carbocycles. The summed E-state index contributed by atoms with van der Waals surface area (Å²) in [6, 6.07) is 0. The highest BCUT2D eigenvalue weighted by atomic mass is 32.2. The number of hydrogen-bond acceptors (Lipinski definition) is 7. The van der Waals surface area contributed by atoms with Gasteiger partial charge >= 0.3 is 0 Å². The lowest BCUT2D eigenvalue weighted by atomic mass is 10.1. The van der Waals surface area contributed by atoms with Crippen LogP contribution in [0.4, 0.5) is 5.82 Å². The first-order valence-electron chi connectivity index (χ1n) is 9.44. The van der Waals surface area contributed by atoms with Gasteiger partial charge in [-0.15, -0.1) is 0 Å². The number of amidine groups is 1. The van der Waals surface area contributed by atoms with Gasteiger partial charge in [0.2, 0.25) is 5.88 Å². The van der Waals surface area contributed by atoms with Crippen molar-refractivity contribution in [2.75, 3.05) is 44.2 Å². The Hall–Kier alpha value is -1.50. The SMILES string of the molecule is CC1CN=C(N2CCN(c3cncc(OCC4CCCC4)n3)CC2)S1. The molecule has 1 aliphatic carbocycles. The van der Waals surface area contributed by atoms with Crippen LogP contribution in [0.5, 0.6) is 5.88 Å². The Kier molecular flexibility index (Phi) is 5.29. The summed E-state index contributed by atoms with van der Waals surface area (Å²) >= 11 is 1.90. The van der Waals surface area contributed by atoms with Gasteiger partial charge in [-0.2, -0.15) is 4.98 Å². The molecule has 0 amide bonds. The summed E-state index contributed by atoms with van der Waals surface area (Å²) in [7, 11) is 0. The monoisotopic (exact) mass is 361 g/mol. The Morgan fingerprint density at radius 1 is 1.12 bits per heavy atom. The quantitative estimate of drug-likeness (QED) is 0.822. The molecule has 2 fully saturated rings. The van der Waals surface area contributed by atoms with Gasteiger partial charge in [0.05, 0.1) is 25.5 Å². The molecule has 1 saturated heterocycles. The first-order valence-corrected chi connectivity index (χ1v) is 10.3. The van der Waals surface area contributed by atoms with E-state index in [9.17, 15) is 0 Å². The second-order valence-electron chi connectivity index (χ2n) is 7.20. The molecule has 4 rings (SSSR count). The summed E-state index contributed by atoms with van der Waals surface area (Å²) < 4.78 is 5.90. The van der Waals surface area contributed by atoms with Gasteiger partial charge < -0.3 is 14.5 Å². The summed E-state index contributed by atoms with van der Waals surface area (Å²) in [5.41, 5.74) is 0. The Bertz CT molecular complexity index is 611. The van der Waals surface area contributed by atoms with Crippen LogP contribution in [0.15, 0.2) is 17.4 Å². The number of aliphatic imine (C=N–C) groups is 1. The van der Waals surface area contributed by atoms with Gasteiger partial charge in [-0.1, -0.05) is 31.5 Å². The van der Waals surface area contributed by atoms with E-state index in [2.05, 4.69) is 31.7 Å². The van der Waals surface area contributed by atoms with Crippen molar-refractivity contribution in [3.8, 4) is 5.88 Å². The number of ether oxygens (including phenoxy) is 1. The predicted molar refractivity (Wildman–Crippen MR) is 103 cm³/mol. The maximum Gasteiger partial charge on any atom is 0.234 e. The standard InChI is InChI=1S/C18H27N5OS/c1-14-10-20-18(25-14)23-8-6-22(7-9-23)16-11-19-12-17(21-16)24-13-15-4-2-3-5-15/h11-12,14-15H,2-10,13H2,1H3. The van der Waals surface area contributed by atoms with Crippen molar-refractivity contribution in [2.24, 2.45) is 10.9 Å². The van der Waals surface area contributed by atoms with Crippen LogP contribution in [-0.4, -0.2) is 64.6 Å². The van der Waals surface area contributed by atoms with Gasteiger partial charge in [0.1, 0.15) is 0 Å². The van der Waals surface area contributed by atoms with Crippen LogP contribution >= 0.6 is 11.8 Å². The first-order chi connectivity index (χ1) is 12.3. The summed E-state index contributed by atoms with van der Waals surface area (Å²) in [6.07, 6.45) is 8.84. The van der Waals surface area contributed by atoms with Gasteiger partial charge in [0.15, 0.2) is 11.0 Å².